The Morgan fingerprint density at radius 3 is 2.26 bits per heavy atom. The molecule has 0 aromatic heterocycles. The Hall–Kier alpha value is -1.84. The second kappa shape index (κ2) is 8.70. The van der Waals surface area contributed by atoms with E-state index in [-0.39, 0.29) is 6.61 Å². The predicted octanol–water partition coefficient (Wildman–Crippen LogP) is 3.34. The molecule has 0 fully saturated rings. The van der Waals surface area contributed by atoms with E-state index in [1.807, 2.05) is 25.1 Å². The number of benzene rings is 2. The van der Waals surface area contributed by atoms with Crippen LogP contribution in [0.3, 0.4) is 0 Å². The molecule has 2 aromatic rings. The summed E-state index contributed by atoms with van der Waals surface area (Å²) < 4.78 is 5.78. The summed E-state index contributed by atoms with van der Waals surface area (Å²) in [6.45, 7) is 2.60. The van der Waals surface area contributed by atoms with Crippen molar-refractivity contribution in [3.63, 3.8) is 0 Å². The van der Waals surface area contributed by atoms with Crippen LogP contribution in [0.25, 0.3) is 0 Å². The second-order valence-corrected chi connectivity index (χ2v) is 6.39. The van der Waals surface area contributed by atoms with Crippen molar-refractivity contribution in [2.45, 2.75) is 38.1 Å². The van der Waals surface area contributed by atoms with Crippen molar-refractivity contribution in [1.29, 1.82) is 0 Å². The molecule has 0 heterocycles. The molecule has 124 valence electrons. The zero-order chi connectivity index (χ0) is 16.5. The van der Waals surface area contributed by atoms with Gasteiger partial charge in [0.25, 0.3) is 0 Å². The lowest BCUT2D eigenvalue weighted by atomic mass is 9.95. The summed E-state index contributed by atoms with van der Waals surface area (Å²) in [6, 6.07) is 18.6. The minimum absolute atomic E-state index is 0.00953. The highest BCUT2D eigenvalue weighted by Crippen LogP contribution is 2.16. The van der Waals surface area contributed by atoms with Gasteiger partial charge in [0.05, 0.1) is 13.2 Å². The molecule has 0 amide bonds. The monoisotopic (exact) mass is 313 g/mol. The van der Waals surface area contributed by atoms with Gasteiger partial charge in [-0.05, 0) is 55.9 Å². The van der Waals surface area contributed by atoms with Crippen LogP contribution in [0.5, 0.6) is 5.75 Å². The van der Waals surface area contributed by atoms with Gasteiger partial charge in [0.15, 0.2) is 0 Å². The van der Waals surface area contributed by atoms with Crippen molar-refractivity contribution in [1.82, 2.24) is 0 Å². The van der Waals surface area contributed by atoms with E-state index in [2.05, 4.69) is 36.4 Å². The van der Waals surface area contributed by atoms with E-state index in [0.29, 0.717) is 0 Å². The molecule has 0 aliphatic heterocycles. The fraction of sp³-hybridized carbons (Fsp3) is 0.400. The van der Waals surface area contributed by atoms with E-state index in [4.69, 9.17) is 10.5 Å². The first-order valence-corrected chi connectivity index (χ1v) is 8.24. The minimum Gasteiger partial charge on any atom is -0.494 e. The summed E-state index contributed by atoms with van der Waals surface area (Å²) in [5.41, 5.74) is 8.00. The molecular formula is C20H27NO2. The molecule has 3 N–H and O–H groups in total. The lowest BCUT2D eigenvalue weighted by molar-refractivity contribution is 0.200. The molecule has 0 bridgehead atoms. The maximum absolute atomic E-state index is 9.17. The van der Waals surface area contributed by atoms with E-state index in [1.54, 1.807) is 0 Å². The van der Waals surface area contributed by atoms with Crippen LogP contribution in [0.15, 0.2) is 54.6 Å². The third-order valence-corrected chi connectivity index (χ3v) is 3.99. The third-order valence-electron chi connectivity index (χ3n) is 3.99. The van der Waals surface area contributed by atoms with Crippen LogP contribution < -0.4 is 10.5 Å². The normalized spacial score (nSPS) is 13.5. The van der Waals surface area contributed by atoms with E-state index in [0.717, 1.165) is 38.0 Å². The predicted molar refractivity (Wildman–Crippen MR) is 94.7 cm³/mol. The molecule has 23 heavy (non-hydrogen) atoms. The number of aryl methyl sites for hydroxylation is 2. The number of aliphatic hydroxyl groups excluding tert-OH is 1. The summed E-state index contributed by atoms with van der Waals surface area (Å²) in [6.07, 6.45) is 3.67. The number of ether oxygens (including phenoxy) is 1. The number of rotatable bonds is 9. The van der Waals surface area contributed by atoms with Gasteiger partial charge in [-0.2, -0.15) is 0 Å². The van der Waals surface area contributed by atoms with Crippen molar-refractivity contribution < 1.29 is 9.84 Å². The summed E-state index contributed by atoms with van der Waals surface area (Å²) in [7, 11) is 0. The number of aliphatic hydroxyl groups is 1. The largest absolute Gasteiger partial charge is 0.494 e. The fourth-order valence-electron chi connectivity index (χ4n) is 2.37. The summed E-state index contributed by atoms with van der Waals surface area (Å²) in [5, 5.41) is 9.17. The highest BCUT2D eigenvalue weighted by molar-refractivity contribution is 5.27. The average molecular weight is 313 g/mol. The van der Waals surface area contributed by atoms with Gasteiger partial charge < -0.3 is 15.6 Å². The van der Waals surface area contributed by atoms with Gasteiger partial charge in [0.2, 0.25) is 0 Å². The van der Waals surface area contributed by atoms with Crippen LogP contribution in [-0.4, -0.2) is 23.9 Å². The van der Waals surface area contributed by atoms with E-state index in [9.17, 15) is 5.11 Å². The van der Waals surface area contributed by atoms with E-state index in [1.165, 1.54) is 11.1 Å². The zero-order valence-electron chi connectivity index (χ0n) is 13.9. The molecule has 0 aliphatic carbocycles. The maximum atomic E-state index is 9.17. The third kappa shape index (κ3) is 6.43. The zero-order valence-corrected chi connectivity index (χ0v) is 13.9. The van der Waals surface area contributed by atoms with Gasteiger partial charge in [-0.3, -0.25) is 0 Å². The van der Waals surface area contributed by atoms with Crippen molar-refractivity contribution in [3.05, 3.63) is 65.7 Å². The van der Waals surface area contributed by atoms with Gasteiger partial charge in [0, 0.05) is 5.54 Å². The van der Waals surface area contributed by atoms with Crippen molar-refractivity contribution in [2.75, 3.05) is 13.2 Å². The van der Waals surface area contributed by atoms with Crippen molar-refractivity contribution >= 4 is 0 Å². The SMILES string of the molecule is CC(N)(CO)CCc1ccc(OCCCc2ccccc2)cc1. The lowest BCUT2D eigenvalue weighted by Gasteiger charge is -2.21. The number of hydrogen-bond donors (Lipinski definition) is 2. The highest BCUT2D eigenvalue weighted by atomic mass is 16.5. The molecule has 2 rings (SSSR count). The Kier molecular flexibility index (Phi) is 6.63. The Morgan fingerprint density at radius 2 is 1.61 bits per heavy atom. The van der Waals surface area contributed by atoms with Gasteiger partial charge in [-0.15, -0.1) is 0 Å². The van der Waals surface area contributed by atoms with Crippen molar-refractivity contribution in [3.8, 4) is 5.75 Å². The molecule has 2 aromatic carbocycles. The minimum atomic E-state index is -0.507. The van der Waals surface area contributed by atoms with Gasteiger partial charge in [0.1, 0.15) is 5.75 Å². The molecule has 0 saturated heterocycles. The summed E-state index contributed by atoms with van der Waals surface area (Å²) >= 11 is 0. The van der Waals surface area contributed by atoms with E-state index >= 15 is 0 Å². The summed E-state index contributed by atoms with van der Waals surface area (Å²) in [5.74, 6) is 0.902. The molecular weight excluding hydrogens is 286 g/mol. The Labute approximate surface area is 139 Å². The Bertz CT molecular complexity index is 564. The lowest BCUT2D eigenvalue weighted by Crippen LogP contribution is -2.40. The van der Waals surface area contributed by atoms with Gasteiger partial charge in [-0.1, -0.05) is 42.5 Å². The number of nitrogens with two attached hydrogens (primary N) is 1. The first-order valence-electron chi connectivity index (χ1n) is 8.24. The van der Waals surface area contributed by atoms with Gasteiger partial charge >= 0.3 is 0 Å². The van der Waals surface area contributed by atoms with Gasteiger partial charge in [-0.25, -0.2) is 0 Å². The van der Waals surface area contributed by atoms with Crippen molar-refractivity contribution in [2.24, 2.45) is 5.73 Å². The molecule has 3 nitrogen and oxygen atoms in total. The first kappa shape index (κ1) is 17.5. The molecule has 1 unspecified atom stereocenters. The average Bonchev–Trinajstić information content (AvgIpc) is 2.59. The Morgan fingerprint density at radius 1 is 0.957 bits per heavy atom. The van der Waals surface area contributed by atoms with Crippen LogP contribution >= 0.6 is 0 Å². The van der Waals surface area contributed by atoms with Crippen LogP contribution in [-0.2, 0) is 12.8 Å². The molecule has 3 heteroatoms. The fourth-order valence-corrected chi connectivity index (χ4v) is 2.37. The standard InChI is InChI=1S/C20H27NO2/c1-20(21,16-22)14-13-18-9-11-19(12-10-18)23-15-5-8-17-6-3-2-4-7-17/h2-4,6-7,9-12,22H,5,8,13-16,21H2,1H3. The van der Waals surface area contributed by atoms with Crippen LogP contribution in [0, 0.1) is 0 Å². The Balaban J connectivity index is 1.70. The highest BCUT2D eigenvalue weighted by Gasteiger charge is 2.16. The van der Waals surface area contributed by atoms with E-state index < -0.39 is 5.54 Å². The van der Waals surface area contributed by atoms with Crippen LogP contribution in [0.4, 0.5) is 0 Å². The maximum Gasteiger partial charge on any atom is 0.119 e. The quantitative estimate of drug-likeness (QED) is 0.698. The smallest absolute Gasteiger partial charge is 0.119 e. The molecule has 0 saturated carbocycles. The molecule has 0 aliphatic rings. The summed E-state index contributed by atoms with van der Waals surface area (Å²) in [4.78, 5) is 0. The second-order valence-electron chi connectivity index (χ2n) is 6.39. The molecule has 0 spiro atoms. The number of hydrogen-bond acceptors (Lipinski definition) is 3. The first-order chi connectivity index (χ1) is 11.1. The van der Waals surface area contributed by atoms with Crippen LogP contribution in [0.1, 0.15) is 30.9 Å². The van der Waals surface area contributed by atoms with Crippen LogP contribution in [0.2, 0.25) is 0 Å². The topological polar surface area (TPSA) is 55.5 Å². The molecule has 0 radical (unpaired) electrons. The molecule has 1 atom stereocenters.